The first kappa shape index (κ1) is 16.7. The standard InChI is InChI=1S/C18H24N4O2S/c1-12-11-25-18-20-15(7-16(23)22(12)18)10-21-6-2-3-14(9-21)17(24)19-8-13-4-5-13/h7,11,13-14H,2-6,8-10H2,1H3,(H,19,24)/t14-/m1/s1. The van der Waals surface area contributed by atoms with E-state index in [0.717, 1.165) is 48.8 Å². The van der Waals surface area contributed by atoms with Gasteiger partial charge < -0.3 is 5.32 Å². The molecule has 1 amide bonds. The van der Waals surface area contributed by atoms with Crippen LogP contribution in [-0.4, -0.2) is 39.8 Å². The fourth-order valence-corrected chi connectivity index (χ4v) is 4.43. The fraction of sp³-hybridized carbons (Fsp3) is 0.611. The highest BCUT2D eigenvalue weighted by Crippen LogP contribution is 2.28. The molecule has 0 spiro atoms. The Balaban J connectivity index is 1.41. The molecular weight excluding hydrogens is 336 g/mol. The van der Waals surface area contributed by atoms with Crippen LogP contribution >= 0.6 is 11.3 Å². The van der Waals surface area contributed by atoms with Gasteiger partial charge in [0.15, 0.2) is 4.96 Å². The molecule has 4 rings (SSSR count). The summed E-state index contributed by atoms with van der Waals surface area (Å²) in [5.41, 5.74) is 1.70. The summed E-state index contributed by atoms with van der Waals surface area (Å²) >= 11 is 1.49. The molecule has 7 heteroatoms. The zero-order chi connectivity index (χ0) is 17.4. The van der Waals surface area contributed by atoms with Crippen LogP contribution in [0.2, 0.25) is 0 Å². The number of fused-ring (bicyclic) bond motifs is 1. The maximum Gasteiger partial charge on any atom is 0.259 e. The topological polar surface area (TPSA) is 66.7 Å². The predicted molar refractivity (Wildman–Crippen MR) is 97.8 cm³/mol. The van der Waals surface area contributed by atoms with E-state index in [1.807, 2.05) is 12.3 Å². The summed E-state index contributed by atoms with van der Waals surface area (Å²) in [5.74, 6) is 0.956. The average molecular weight is 360 g/mol. The third-order valence-electron chi connectivity index (χ3n) is 5.15. The van der Waals surface area contributed by atoms with E-state index < -0.39 is 0 Å². The number of nitrogens with one attached hydrogen (secondary N) is 1. The second kappa shape index (κ2) is 6.88. The molecule has 1 N–H and O–H groups in total. The van der Waals surface area contributed by atoms with Crippen molar-refractivity contribution in [3.63, 3.8) is 0 Å². The normalized spacial score (nSPS) is 21.6. The van der Waals surface area contributed by atoms with Gasteiger partial charge in [0.2, 0.25) is 5.91 Å². The number of likely N-dealkylation sites (tertiary alicyclic amines) is 1. The van der Waals surface area contributed by atoms with Crippen molar-refractivity contribution in [3.05, 3.63) is 33.2 Å². The molecule has 2 aromatic rings. The van der Waals surface area contributed by atoms with Gasteiger partial charge in [0.05, 0.1) is 11.6 Å². The molecule has 0 aromatic carbocycles. The maximum atomic E-state index is 12.4. The molecule has 6 nitrogen and oxygen atoms in total. The largest absolute Gasteiger partial charge is 0.356 e. The molecule has 1 aliphatic carbocycles. The van der Waals surface area contributed by atoms with Gasteiger partial charge in [0.25, 0.3) is 5.56 Å². The van der Waals surface area contributed by atoms with E-state index in [4.69, 9.17) is 0 Å². The number of carbonyl (C=O) groups is 1. The molecule has 2 fully saturated rings. The van der Waals surface area contributed by atoms with Gasteiger partial charge in [-0.3, -0.25) is 18.9 Å². The van der Waals surface area contributed by atoms with Crippen LogP contribution in [0.4, 0.5) is 0 Å². The van der Waals surface area contributed by atoms with Gasteiger partial charge in [0, 0.05) is 36.8 Å². The van der Waals surface area contributed by atoms with Crippen LogP contribution in [0.15, 0.2) is 16.2 Å². The summed E-state index contributed by atoms with van der Waals surface area (Å²) < 4.78 is 1.65. The summed E-state index contributed by atoms with van der Waals surface area (Å²) in [6.07, 6.45) is 4.47. The van der Waals surface area contributed by atoms with Gasteiger partial charge in [-0.25, -0.2) is 4.98 Å². The van der Waals surface area contributed by atoms with Crippen LogP contribution in [0.25, 0.3) is 4.96 Å². The lowest BCUT2D eigenvalue weighted by molar-refractivity contribution is -0.126. The Labute approximate surface area is 150 Å². The third-order valence-corrected chi connectivity index (χ3v) is 6.10. The zero-order valence-corrected chi connectivity index (χ0v) is 15.3. The minimum Gasteiger partial charge on any atom is -0.356 e. The Morgan fingerprint density at radius 3 is 3.04 bits per heavy atom. The van der Waals surface area contributed by atoms with Crippen molar-refractivity contribution < 1.29 is 4.79 Å². The van der Waals surface area contributed by atoms with Crippen molar-refractivity contribution in [3.8, 4) is 0 Å². The molecule has 1 atom stereocenters. The van der Waals surface area contributed by atoms with Gasteiger partial charge >= 0.3 is 0 Å². The van der Waals surface area contributed by atoms with Crippen LogP contribution in [0.3, 0.4) is 0 Å². The van der Waals surface area contributed by atoms with Crippen LogP contribution < -0.4 is 10.9 Å². The van der Waals surface area contributed by atoms with Crippen molar-refractivity contribution >= 4 is 22.2 Å². The van der Waals surface area contributed by atoms with Gasteiger partial charge in [-0.1, -0.05) is 0 Å². The van der Waals surface area contributed by atoms with E-state index in [2.05, 4.69) is 15.2 Å². The molecule has 3 heterocycles. The number of carbonyl (C=O) groups excluding carboxylic acids is 1. The molecule has 0 radical (unpaired) electrons. The van der Waals surface area contributed by atoms with Crippen molar-refractivity contribution in [2.75, 3.05) is 19.6 Å². The molecule has 1 saturated heterocycles. The Hall–Kier alpha value is -1.73. The number of hydrogen-bond donors (Lipinski definition) is 1. The number of hydrogen-bond acceptors (Lipinski definition) is 5. The molecule has 1 aliphatic heterocycles. The molecule has 2 aromatic heterocycles. The number of rotatable bonds is 5. The number of thiazole rings is 1. The average Bonchev–Trinajstić information content (AvgIpc) is 3.35. The molecule has 2 aliphatic rings. The summed E-state index contributed by atoms with van der Waals surface area (Å²) in [5, 5.41) is 5.05. The Bertz CT molecular complexity index is 839. The Morgan fingerprint density at radius 2 is 2.24 bits per heavy atom. The van der Waals surface area contributed by atoms with E-state index in [1.54, 1.807) is 10.5 Å². The number of nitrogens with zero attached hydrogens (tertiary/aromatic N) is 3. The second-order valence-corrected chi connectivity index (χ2v) is 8.18. The maximum absolute atomic E-state index is 12.4. The lowest BCUT2D eigenvalue weighted by Gasteiger charge is -2.31. The molecule has 25 heavy (non-hydrogen) atoms. The third kappa shape index (κ3) is 3.77. The highest BCUT2D eigenvalue weighted by molar-refractivity contribution is 7.15. The smallest absolute Gasteiger partial charge is 0.259 e. The minimum atomic E-state index is -0.0190. The van der Waals surface area contributed by atoms with Gasteiger partial charge in [-0.2, -0.15) is 0 Å². The van der Waals surface area contributed by atoms with Crippen LogP contribution in [0.1, 0.15) is 37.1 Å². The van der Waals surface area contributed by atoms with Gasteiger partial charge in [-0.15, -0.1) is 11.3 Å². The van der Waals surface area contributed by atoms with Crippen molar-refractivity contribution in [1.82, 2.24) is 19.6 Å². The molecule has 0 unspecified atom stereocenters. The van der Waals surface area contributed by atoms with Crippen molar-refractivity contribution in [2.45, 2.75) is 39.2 Å². The Kier molecular flexibility index (Phi) is 4.60. The summed E-state index contributed by atoms with van der Waals surface area (Å²) in [7, 11) is 0. The molecule has 134 valence electrons. The fourth-order valence-electron chi connectivity index (χ4n) is 3.54. The van der Waals surface area contributed by atoms with E-state index >= 15 is 0 Å². The van der Waals surface area contributed by atoms with Gasteiger partial charge in [-0.05, 0) is 45.1 Å². The van der Waals surface area contributed by atoms with Crippen LogP contribution in [-0.2, 0) is 11.3 Å². The minimum absolute atomic E-state index is 0.0190. The molecular formula is C18H24N4O2S. The number of piperidine rings is 1. The predicted octanol–water partition coefficient (Wildman–Crippen LogP) is 1.80. The van der Waals surface area contributed by atoms with Crippen LogP contribution in [0, 0.1) is 18.8 Å². The van der Waals surface area contributed by atoms with Gasteiger partial charge in [0.1, 0.15) is 0 Å². The van der Waals surface area contributed by atoms with E-state index in [-0.39, 0.29) is 17.4 Å². The van der Waals surface area contributed by atoms with E-state index in [1.165, 1.54) is 24.2 Å². The number of aromatic nitrogens is 2. The summed E-state index contributed by atoms with van der Waals surface area (Å²) in [4.78, 5) is 32.3. The SMILES string of the molecule is Cc1csc2nc(CN3CCC[C@@H](C(=O)NCC4CC4)C3)cc(=O)n12. The van der Waals surface area contributed by atoms with Crippen LogP contribution in [0.5, 0.6) is 0 Å². The zero-order valence-electron chi connectivity index (χ0n) is 14.5. The summed E-state index contributed by atoms with van der Waals surface area (Å²) in [6.45, 7) is 5.09. The van der Waals surface area contributed by atoms with E-state index in [9.17, 15) is 9.59 Å². The monoisotopic (exact) mass is 360 g/mol. The van der Waals surface area contributed by atoms with E-state index in [0.29, 0.717) is 12.5 Å². The summed E-state index contributed by atoms with van der Waals surface area (Å²) in [6, 6.07) is 1.63. The number of amides is 1. The highest BCUT2D eigenvalue weighted by Gasteiger charge is 2.28. The first-order valence-electron chi connectivity index (χ1n) is 9.07. The molecule has 0 bridgehead atoms. The van der Waals surface area contributed by atoms with Crippen molar-refractivity contribution in [1.29, 1.82) is 0 Å². The lowest BCUT2D eigenvalue weighted by atomic mass is 9.97. The highest BCUT2D eigenvalue weighted by atomic mass is 32.1. The van der Waals surface area contributed by atoms with Crippen molar-refractivity contribution in [2.24, 2.45) is 11.8 Å². The first-order valence-corrected chi connectivity index (χ1v) is 9.95. The molecule has 1 saturated carbocycles. The first-order chi connectivity index (χ1) is 12.1. The quantitative estimate of drug-likeness (QED) is 0.883. The Morgan fingerprint density at radius 1 is 1.40 bits per heavy atom. The number of aryl methyl sites for hydroxylation is 1. The second-order valence-electron chi connectivity index (χ2n) is 7.34. The lowest BCUT2D eigenvalue weighted by Crippen LogP contribution is -2.43.